The molecule has 0 aliphatic heterocycles. The predicted molar refractivity (Wildman–Crippen MR) is 88.3 cm³/mol. The summed E-state index contributed by atoms with van der Waals surface area (Å²) in [5, 5.41) is 0. The number of rotatable bonds is 5. The lowest BCUT2D eigenvalue weighted by Crippen LogP contribution is -2.36. The summed E-state index contributed by atoms with van der Waals surface area (Å²) in [6, 6.07) is 0. The van der Waals surface area contributed by atoms with Gasteiger partial charge in [-0.15, -0.1) is 0 Å². The second kappa shape index (κ2) is 5.29. The van der Waals surface area contributed by atoms with Crippen LogP contribution in [-0.4, -0.2) is 33.4 Å². The average Bonchev–Trinajstić information content (AvgIpc) is 2.95. The topological polar surface area (TPSA) is 111 Å². The molecule has 24 heavy (non-hydrogen) atoms. The monoisotopic (exact) mass is 330 g/mol. The van der Waals surface area contributed by atoms with E-state index in [1.807, 2.05) is 0 Å². The molecular formula is C17H22N4O3. The quantitative estimate of drug-likeness (QED) is 0.816. The van der Waals surface area contributed by atoms with Gasteiger partial charge in [-0.3, -0.25) is 4.79 Å². The van der Waals surface area contributed by atoms with E-state index in [0.717, 1.165) is 12.1 Å². The standard InChI is InChI=1S/C17H22N4O3/c1-16(2)5-10(16)11-7-20-13-12(21-11)9(6-19-13)14(22)24-8-17(3,4)15(18)23/h6-7,10H,5,8H2,1-4H3,(H2,18,23)(H,19,20). The summed E-state index contributed by atoms with van der Waals surface area (Å²) < 4.78 is 5.25. The van der Waals surface area contributed by atoms with Gasteiger partial charge in [0.15, 0.2) is 5.65 Å². The fourth-order valence-electron chi connectivity index (χ4n) is 2.60. The Morgan fingerprint density at radius 3 is 2.71 bits per heavy atom. The molecule has 7 heteroatoms. The van der Waals surface area contributed by atoms with Crippen molar-refractivity contribution in [2.24, 2.45) is 16.6 Å². The SMILES string of the molecule is CC(C)(COC(=O)c1c[nH]c2ncc(C3CC3(C)C)nc12)C(N)=O. The van der Waals surface area contributed by atoms with Crippen LogP contribution in [-0.2, 0) is 9.53 Å². The number of H-pyrrole nitrogens is 1. The number of primary amides is 1. The number of aromatic nitrogens is 3. The highest BCUT2D eigenvalue weighted by Gasteiger charge is 2.47. The Kier molecular flexibility index (Phi) is 3.62. The van der Waals surface area contributed by atoms with E-state index >= 15 is 0 Å². The second-order valence-electron chi connectivity index (χ2n) is 7.76. The summed E-state index contributed by atoms with van der Waals surface area (Å²) in [6.07, 6.45) is 4.35. The Labute approximate surface area is 140 Å². The van der Waals surface area contributed by atoms with E-state index in [0.29, 0.717) is 22.6 Å². The number of nitrogens with two attached hydrogens (primary N) is 1. The summed E-state index contributed by atoms with van der Waals surface area (Å²) in [6.45, 7) is 7.54. The van der Waals surface area contributed by atoms with Crippen LogP contribution in [0, 0.1) is 10.8 Å². The van der Waals surface area contributed by atoms with Crippen molar-refractivity contribution >= 4 is 23.0 Å². The molecule has 1 aliphatic rings. The minimum Gasteiger partial charge on any atom is -0.461 e. The van der Waals surface area contributed by atoms with Crippen LogP contribution in [0.25, 0.3) is 11.2 Å². The zero-order valence-electron chi connectivity index (χ0n) is 14.3. The number of ether oxygens (including phenoxy) is 1. The molecule has 0 saturated heterocycles. The van der Waals surface area contributed by atoms with Crippen LogP contribution in [0.3, 0.4) is 0 Å². The largest absolute Gasteiger partial charge is 0.461 e. The Hall–Kier alpha value is -2.44. The molecule has 7 nitrogen and oxygen atoms in total. The highest BCUT2D eigenvalue weighted by atomic mass is 16.5. The van der Waals surface area contributed by atoms with Crippen LogP contribution in [0.1, 0.15) is 56.1 Å². The van der Waals surface area contributed by atoms with Crippen molar-refractivity contribution in [1.29, 1.82) is 0 Å². The van der Waals surface area contributed by atoms with Gasteiger partial charge in [0, 0.05) is 12.1 Å². The highest BCUT2D eigenvalue weighted by Crippen LogP contribution is 2.57. The number of amides is 1. The lowest BCUT2D eigenvalue weighted by molar-refractivity contribution is -0.127. The second-order valence-corrected chi connectivity index (χ2v) is 7.76. The number of esters is 1. The van der Waals surface area contributed by atoms with Gasteiger partial charge < -0.3 is 15.5 Å². The van der Waals surface area contributed by atoms with Gasteiger partial charge in [-0.05, 0) is 25.7 Å². The third kappa shape index (κ3) is 2.86. The van der Waals surface area contributed by atoms with Gasteiger partial charge in [-0.2, -0.15) is 0 Å². The Bertz CT molecular complexity index is 822. The third-order valence-electron chi connectivity index (χ3n) is 4.72. The number of carbonyl (C=O) groups is 2. The lowest BCUT2D eigenvalue weighted by Gasteiger charge is -2.19. The van der Waals surface area contributed by atoms with Gasteiger partial charge in [0.25, 0.3) is 0 Å². The number of fused-ring (bicyclic) bond motifs is 1. The molecule has 2 aromatic heterocycles. The van der Waals surface area contributed by atoms with E-state index in [9.17, 15) is 9.59 Å². The van der Waals surface area contributed by atoms with E-state index in [-0.39, 0.29) is 12.0 Å². The summed E-state index contributed by atoms with van der Waals surface area (Å²) in [5.41, 5.74) is 6.84. The van der Waals surface area contributed by atoms with Crippen LogP contribution >= 0.6 is 0 Å². The van der Waals surface area contributed by atoms with Gasteiger partial charge >= 0.3 is 5.97 Å². The molecule has 1 amide bonds. The zero-order chi connectivity index (χ0) is 17.7. The van der Waals surface area contributed by atoms with E-state index in [1.165, 1.54) is 6.20 Å². The first-order chi connectivity index (χ1) is 11.1. The molecule has 1 atom stereocenters. The van der Waals surface area contributed by atoms with Crippen molar-refractivity contribution in [2.75, 3.05) is 6.61 Å². The van der Waals surface area contributed by atoms with Gasteiger partial charge in [0.05, 0.1) is 17.3 Å². The predicted octanol–water partition coefficient (Wildman–Crippen LogP) is 2.14. The number of nitrogens with one attached hydrogen (secondary N) is 1. The summed E-state index contributed by atoms with van der Waals surface area (Å²) >= 11 is 0. The fourth-order valence-corrected chi connectivity index (χ4v) is 2.60. The zero-order valence-corrected chi connectivity index (χ0v) is 14.3. The maximum atomic E-state index is 12.4. The number of aromatic amines is 1. The molecule has 3 rings (SSSR count). The minimum atomic E-state index is -0.920. The Balaban J connectivity index is 1.83. The summed E-state index contributed by atoms with van der Waals surface area (Å²) in [7, 11) is 0. The third-order valence-corrected chi connectivity index (χ3v) is 4.72. The van der Waals surface area contributed by atoms with Crippen molar-refractivity contribution in [2.45, 2.75) is 40.0 Å². The van der Waals surface area contributed by atoms with Crippen molar-refractivity contribution < 1.29 is 14.3 Å². The van der Waals surface area contributed by atoms with Crippen molar-refractivity contribution in [3.8, 4) is 0 Å². The molecule has 1 aliphatic carbocycles. The molecule has 128 valence electrons. The molecule has 1 saturated carbocycles. The molecule has 0 bridgehead atoms. The van der Waals surface area contributed by atoms with Gasteiger partial charge in [-0.25, -0.2) is 14.8 Å². The molecule has 2 aromatic rings. The number of carbonyl (C=O) groups excluding carboxylic acids is 2. The van der Waals surface area contributed by atoms with Crippen LogP contribution in [0.5, 0.6) is 0 Å². The highest BCUT2D eigenvalue weighted by molar-refractivity contribution is 6.01. The van der Waals surface area contributed by atoms with Crippen molar-refractivity contribution in [3.05, 3.63) is 23.7 Å². The maximum Gasteiger partial charge on any atom is 0.342 e. The molecule has 0 aromatic carbocycles. The molecule has 2 heterocycles. The van der Waals surface area contributed by atoms with Crippen LogP contribution < -0.4 is 5.73 Å². The van der Waals surface area contributed by atoms with Crippen LogP contribution in [0.4, 0.5) is 0 Å². The van der Waals surface area contributed by atoms with Gasteiger partial charge in [0.2, 0.25) is 5.91 Å². The average molecular weight is 330 g/mol. The first-order valence-electron chi connectivity index (χ1n) is 7.93. The fraction of sp³-hybridized carbons (Fsp3) is 0.529. The maximum absolute atomic E-state index is 12.4. The number of nitrogens with zero attached hydrogens (tertiary/aromatic N) is 2. The first-order valence-corrected chi connectivity index (χ1v) is 7.93. The smallest absolute Gasteiger partial charge is 0.342 e. The molecule has 1 unspecified atom stereocenters. The number of hydrogen-bond donors (Lipinski definition) is 2. The Morgan fingerprint density at radius 2 is 2.12 bits per heavy atom. The van der Waals surface area contributed by atoms with E-state index in [4.69, 9.17) is 10.5 Å². The van der Waals surface area contributed by atoms with E-state index < -0.39 is 17.3 Å². The summed E-state index contributed by atoms with van der Waals surface area (Å²) in [5.74, 6) is -0.702. The van der Waals surface area contributed by atoms with Crippen LogP contribution in [0.2, 0.25) is 0 Å². The number of hydrogen-bond acceptors (Lipinski definition) is 5. The van der Waals surface area contributed by atoms with Crippen molar-refractivity contribution in [3.63, 3.8) is 0 Å². The lowest BCUT2D eigenvalue weighted by atomic mass is 9.94. The molecule has 3 N–H and O–H groups in total. The normalized spacial score (nSPS) is 19.2. The van der Waals surface area contributed by atoms with Crippen molar-refractivity contribution in [1.82, 2.24) is 15.0 Å². The van der Waals surface area contributed by atoms with E-state index in [2.05, 4.69) is 28.8 Å². The molecular weight excluding hydrogens is 308 g/mol. The first kappa shape index (κ1) is 16.4. The minimum absolute atomic E-state index is 0.0867. The molecule has 0 spiro atoms. The molecule has 1 fully saturated rings. The summed E-state index contributed by atoms with van der Waals surface area (Å²) in [4.78, 5) is 35.6. The van der Waals surface area contributed by atoms with Gasteiger partial charge in [0.1, 0.15) is 17.7 Å². The Morgan fingerprint density at radius 1 is 1.46 bits per heavy atom. The van der Waals surface area contributed by atoms with Gasteiger partial charge in [-0.1, -0.05) is 13.8 Å². The van der Waals surface area contributed by atoms with E-state index in [1.54, 1.807) is 20.0 Å². The van der Waals surface area contributed by atoms with Crippen LogP contribution in [0.15, 0.2) is 12.4 Å². The molecule has 0 radical (unpaired) electrons.